The maximum Gasteiger partial charge on any atom is 0.223 e. The first-order chi connectivity index (χ1) is 11.1. The summed E-state index contributed by atoms with van der Waals surface area (Å²) in [5.74, 6) is 0.864. The quantitative estimate of drug-likeness (QED) is 0.872. The van der Waals surface area contributed by atoms with Gasteiger partial charge in [0, 0.05) is 25.9 Å². The number of ether oxygens (including phenoxy) is 1. The molecular formula is C17H26N2O4. The van der Waals surface area contributed by atoms with Gasteiger partial charge in [-0.2, -0.15) is 0 Å². The molecule has 2 aliphatic rings. The number of hydrogen-bond acceptors (Lipinski definition) is 5. The van der Waals surface area contributed by atoms with E-state index in [1.807, 2.05) is 12.1 Å². The van der Waals surface area contributed by atoms with Crippen LogP contribution in [-0.2, 0) is 16.0 Å². The van der Waals surface area contributed by atoms with Crippen molar-refractivity contribution in [2.45, 2.75) is 31.3 Å². The van der Waals surface area contributed by atoms with Gasteiger partial charge in [-0.3, -0.25) is 4.79 Å². The van der Waals surface area contributed by atoms with Crippen LogP contribution in [0.3, 0.4) is 0 Å². The normalized spacial score (nSPS) is 26.4. The second-order valence-corrected chi connectivity index (χ2v) is 6.65. The van der Waals surface area contributed by atoms with Gasteiger partial charge in [0.2, 0.25) is 5.91 Å². The van der Waals surface area contributed by atoms with Gasteiger partial charge in [0.1, 0.15) is 11.4 Å². The molecule has 1 aromatic rings. The first-order valence-electron chi connectivity index (χ1n) is 8.47. The topological polar surface area (TPSA) is 66.2 Å². The zero-order valence-corrected chi connectivity index (χ0v) is 13.6. The van der Waals surface area contributed by atoms with Gasteiger partial charge in [0.05, 0.1) is 26.0 Å². The highest BCUT2D eigenvalue weighted by Gasteiger charge is 2.36. The largest absolute Gasteiger partial charge is 0.469 e. The lowest BCUT2D eigenvalue weighted by Gasteiger charge is -2.34. The average molecular weight is 322 g/mol. The molecule has 0 spiro atoms. The molecule has 128 valence electrons. The summed E-state index contributed by atoms with van der Waals surface area (Å²) >= 11 is 0. The van der Waals surface area contributed by atoms with Gasteiger partial charge in [0.15, 0.2) is 0 Å². The van der Waals surface area contributed by atoms with E-state index in [0.29, 0.717) is 45.7 Å². The van der Waals surface area contributed by atoms with Crippen molar-refractivity contribution in [1.82, 2.24) is 9.80 Å². The van der Waals surface area contributed by atoms with Crippen LogP contribution in [0, 0.1) is 0 Å². The Morgan fingerprint density at radius 3 is 2.87 bits per heavy atom. The summed E-state index contributed by atoms with van der Waals surface area (Å²) < 4.78 is 10.8. The van der Waals surface area contributed by atoms with Crippen molar-refractivity contribution < 1.29 is 19.1 Å². The van der Waals surface area contributed by atoms with Crippen LogP contribution < -0.4 is 0 Å². The van der Waals surface area contributed by atoms with E-state index in [1.54, 1.807) is 11.2 Å². The van der Waals surface area contributed by atoms with E-state index >= 15 is 0 Å². The lowest BCUT2D eigenvalue weighted by atomic mass is 10.0. The second-order valence-electron chi connectivity index (χ2n) is 6.65. The third-order valence-corrected chi connectivity index (χ3v) is 4.60. The third-order valence-electron chi connectivity index (χ3n) is 4.60. The van der Waals surface area contributed by atoms with Crippen molar-refractivity contribution in [3.05, 3.63) is 24.2 Å². The zero-order chi connectivity index (χ0) is 16.1. The van der Waals surface area contributed by atoms with Crippen LogP contribution in [0.5, 0.6) is 0 Å². The Balaban J connectivity index is 1.56. The number of hydrogen-bond donors (Lipinski definition) is 1. The molecule has 23 heavy (non-hydrogen) atoms. The molecular weight excluding hydrogens is 296 g/mol. The molecule has 2 fully saturated rings. The lowest BCUT2D eigenvalue weighted by Crippen LogP contribution is -2.53. The number of likely N-dealkylation sites (tertiary alicyclic amines) is 1. The highest BCUT2D eigenvalue weighted by molar-refractivity contribution is 5.76. The van der Waals surface area contributed by atoms with Crippen molar-refractivity contribution in [2.24, 2.45) is 0 Å². The van der Waals surface area contributed by atoms with Crippen LogP contribution in [0.2, 0.25) is 0 Å². The van der Waals surface area contributed by atoms with E-state index in [2.05, 4.69) is 4.90 Å². The first kappa shape index (κ1) is 16.5. The van der Waals surface area contributed by atoms with E-state index in [4.69, 9.17) is 9.15 Å². The number of β-amino-alcohol motifs (C(OH)–C–C–N with tert-alkyl or cyclic N) is 1. The third kappa shape index (κ3) is 4.56. The Hall–Kier alpha value is -1.37. The fourth-order valence-corrected chi connectivity index (χ4v) is 3.43. The maximum atomic E-state index is 12.5. The average Bonchev–Trinajstić information content (AvgIpc) is 3.18. The molecule has 3 heterocycles. The van der Waals surface area contributed by atoms with E-state index in [0.717, 1.165) is 18.8 Å². The van der Waals surface area contributed by atoms with Gasteiger partial charge < -0.3 is 24.1 Å². The van der Waals surface area contributed by atoms with Crippen molar-refractivity contribution in [1.29, 1.82) is 0 Å². The van der Waals surface area contributed by atoms with Crippen LogP contribution >= 0.6 is 0 Å². The molecule has 2 saturated heterocycles. The SMILES string of the molecule is O=C(CCc1ccco1)N1CCOCC(O)(CN2CCCC2)C1. The lowest BCUT2D eigenvalue weighted by molar-refractivity contribution is -0.134. The molecule has 2 aliphatic heterocycles. The molecule has 1 N–H and O–H groups in total. The maximum absolute atomic E-state index is 12.5. The molecule has 6 heteroatoms. The molecule has 1 amide bonds. The smallest absolute Gasteiger partial charge is 0.223 e. The minimum atomic E-state index is -0.971. The highest BCUT2D eigenvalue weighted by Crippen LogP contribution is 2.18. The number of furan rings is 1. The Bertz CT molecular complexity index is 499. The second kappa shape index (κ2) is 7.47. The van der Waals surface area contributed by atoms with Gasteiger partial charge >= 0.3 is 0 Å². The zero-order valence-electron chi connectivity index (χ0n) is 13.6. The summed E-state index contributed by atoms with van der Waals surface area (Å²) in [5.41, 5.74) is -0.971. The van der Waals surface area contributed by atoms with E-state index in [9.17, 15) is 9.90 Å². The summed E-state index contributed by atoms with van der Waals surface area (Å²) in [5, 5.41) is 10.9. The number of carbonyl (C=O) groups is 1. The summed E-state index contributed by atoms with van der Waals surface area (Å²) in [6.45, 7) is 4.29. The minimum absolute atomic E-state index is 0.0479. The number of amides is 1. The van der Waals surface area contributed by atoms with Crippen molar-refractivity contribution in [3.63, 3.8) is 0 Å². The Labute approximate surface area is 137 Å². The number of rotatable bonds is 5. The fraction of sp³-hybridized carbons (Fsp3) is 0.706. The van der Waals surface area contributed by atoms with E-state index < -0.39 is 5.60 Å². The Morgan fingerprint density at radius 2 is 2.13 bits per heavy atom. The van der Waals surface area contributed by atoms with Crippen LogP contribution in [0.4, 0.5) is 0 Å². The Kier molecular flexibility index (Phi) is 5.35. The van der Waals surface area contributed by atoms with E-state index in [-0.39, 0.29) is 5.91 Å². The number of aliphatic hydroxyl groups is 1. The summed E-state index contributed by atoms with van der Waals surface area (Å²) in [7, 11) is 0. The molecule has 0 bridgehead atoms. The molecule has 0 saturated carbocycles. The number of nitrogens with zero attached hydrogens (tertiary/aromatic N) is 2. The fourth-order valence-electron chi connectivity index (χ4n) is 3.43. The van der Waals surface area contributed by atoms with Crippen LogP contribution in [0.25, 0.3) is 0 Å². The summed E-state index contributed by atoms with van der Waals surface area (Å²) in [6.07, 6.45) is 4.97. The number of carbonyl (C=O) groups excluding carboxylic acids is 1. The van der Waals surface area contributed by atoms with Gasteiger partial charge in [-0.15, -0.1) is 0 Å². The molecule has 0 radical (unpaired) electrons. The molecule has 6 nitrogen and oxygen atoms in total. The summed E-state index contributed by atoms with van der Waals surface area (Å²) in [6, 6.07) is 3.71. The molecule has 1 aromatic heterocycles. The van der Waals surface area contributed by atoms with Crippen molar-refractivity contribution in [2.75, 3.05) is 45.9 Å². The standard InChI is InChI=1S/C17H26N2O4/c20-16(6-5-15-4-3-10-23-15)19-9-11-22-14-17(21,13-19)12-18-7-1-2-8-18/h3-4,10,21H,1-2,5-9,11-14H2. The van der Waals surface area contributed by atoms with Gasteiger partial charge in [-0.05, 0) is 38.1 Å². The molecule has 3 rings (SSSR count). The van der Waals surface area contributed by atoms with Crippen LogP contribution in [0.1, 0.15) is 25.0 Å². The summed E-state index contributed by atoms with van der Waals surface area (Å²) in [4.78, 5) is 16.5. The van der Waals surface area contributed by atoms with Crippen LogP contribution in [0.15, 0.2) is 22.8 Å². The predicted molar refractivity (Wildman–Crippen MR) is 85.1 cm³/mol. The molecule has 1 atom stereocenters. The van der Waals surface area contributed by atoms with E-state index in [1.165, 1.54) is 12.8 Å². The first-order valence-corrected chi connectivity index (χ1v) is 8.47. The molecule has 0 aromatic carbocycles. The van der Waals surface area contributed by atoms with Crippen molar-refractivity contribution >= 4 is 5.91 Å². The predicted octanol–water partition coefficient (Wildman–Crippen LogP) is 0.898. The highest BCUT2D eigenvalue weighted by atomic mass is 16.5. The monoisotopic (exact) mass is 322 g/mol. The van der Waals surface area contributed by atoms with Gasteiger partial charge in [-0.25, -0.2) is 0 Å². The minimum Gasteiger partial charge on any atom is -0.469 e. The number of aryl methyl sites for hydroxylation is 1. The van der Waals surface area contributed by atoms with Crippen molar-refractivity contribution in [3.8, 4) is 0 Å². The van der Waals surface area contributed by atoms with Gasteiger partial charge in [-0.1, -0.05) is 0 Å². The van der Waals surface area contributed by atoms with Gasteiger partial charge in [0.25, 0.3) is 0 Å². The van der Waals surface area contributed by atoms with Crippen LogP contribution in [-0.4, -0.2) is 72.4 Å². The Morgan fingerprint density at radius 1 is 1.30 bits per heavy atom. The molecule has 1 unspecified atom stereocenters. The molecule has 0 aliphatic carbocycles.